The van der Waals surface area contributed by atoms with Gasteiger partial charge in [0.15, 0.2) is 0 Å². The van der Waals surface area contributed by atoms with E-state index in [9.17, 15) is 14.4 Å². The predicted molar refractivity (Wildman–Crippen MR) is 74.1 cm³/mol. The summed E-state index contributed by atoms with van der Waals surface area (Å²) in [7, 11) is 1.63. The summed E-state index contributed by atoms with van der Waals surface area (Å²) in [4.78, 5) is 38.1. The third kappa shape index (κ3) is 4.30. The molecule has 1 atom stereocenters. The van der Waals surface area contributed by atoms with Crippen LogP contribution in [0, 0.1) is 0 Å². The second-order valence-corrected chi connectivity index (χ2v) is 5.76. The van der Waals surface area contributed by atoms with E-state index in [0.717, 1.165) is 44.9 Å². The maximum atomic E-state index is 12.1. The molecule has 6 heteroatoms. The van der Waals surface area contributed by atoms with Crippen LogP contribution in [-0.4, -0.2) is 66.7 Å². The van der Waals surface area contributed by atoms with Gasteiger partial charge in [0, 0.05) is 13.1 Å². The summed E-state index contributed by atoms with van der Waals surface area (Å²) < 4.78 is 0. The van der Waals surface area contributed by atoms with Gasteiger partial charge in [-0.3, -0.25) is 14.5 Å². The van der Waals surface area contributed by atoms with Crippen molar-refractivity contribution in [1.29, 1.82) is 0 Å². The molecule has 2 fully saturated rings. The number of likely N-dealkylation sites (N-methyl/N-ethyl adjacent to an activating group) is 1. The molecule has 1 N–H and O–H groups in total. The molecule has 20 heavy (non-hydrogen) atoms. The summed E-state index contributed by atoms with van der Waals surface area (Å²) in [5, 5.41) is 2.86. The fourth-order valence-electron chi connectivity index (χ4n) is 2.47. The highest BCUT2D eigenvalue weighted by atomic mass is 16.2. The topological polar surface area (TPSA) is 69.7 Å². The lowest BCUT2D eigenvalue weighted by Crippen LogP contribution is -2.48. The lowest BCUT2D eigenvalue weighted by molar-refractivity contribution is -0.136. The molecule has 112 valence electrons. The third-order valence-corrected chi connectivity index (χ3v) is 3.91. The lowest BCUT2D eigenvalue weighted by Gasteiger charge is -2.32. The molecule has 1 unspecified atom stereocenters. The zero-order valence-corrected chi connectivity index (χ0v) is 12.0. The first kappa shape index (κ1) is 15.0. The Morgan fingerprint density at radius 1 is 1.30 bits per heavy atom. The number of hydrogen-bond donors (Lipinski definition) is 1. The average molecular weight is 281 g/mol. The Morgan fingerprint density at radius 2 is 2.05 bits per heavy atom. The van der Waals surface area contributed by atoms with Crippen molar-refractivity contribution in [2.75, 3.05) is 26.7 Å². The second-order valence-electron chi connectivity index (χ2n) is 5.76. The summed E-state index contributed by atoms with van der Waals surface area (Å²) in [6, 6.07) is 0.161. The zero-order valence-electron chi connectivity index (χ0n) is 12.0. The lowest BCUT2D eigenvalue weighted by atomic mass is 10.0. The molecule has 0 bridgehead atoms. The zero-order chi connectivity index (χ0) is 14.5. The normalized spacial score (nSPS) is 23.1. The fourth-order valence-corrected chi connectivity index (χ4v) is 2.47. The number of amides is 2. The Kier molecular flexibility index (Phi) is 5.11. The molecule has 2 rings (SSSR count). The third-order valence-electron chi connectivity index (χ3n) is 3.91. The molecular formula is C14H23N3O3. The first-order valence-electron chi connectivity index (χ1n) is 7.33. The highest BCUT2D eigenvalue weighted by molar-refractivity contribution is 5.86. The van der Waals surface area contributed by atoms with E-state index in [1.807, 2.05) is 4.90 Å². The smallest absolute Gasteiger partial charge is 0.239 e. The molecule has 2 aliphatic rings. The molecule has 0 aromatic rings. The van der Waals surface area contributed by atoms with Gasteiger partial charge in [-0.05, 0) is 32.2 Å². The largest absolute Gasteiger partial charge is 0.352 e. The first-order chi connectivity index (χ1) is 9.60. The van der Waals surface area contributed by atoms with E-state index >= 15 is 0 Å². The van der Waals surface area contributed by atoms with E-state index < -0.39 is 0 Å². The van der Waals surface area contributed by atoms with Gasteiger partial charge in [0.1, 0.15) is 6.29 Å². The molecule has 0 spiro atoms. The number of hydrogen-bond acceptors (Lipinski definition) is 4. The van der Waals surface area contributed by atoms with Crippen LogP contribution < -0.4 is 5.32 Å². The van der Waals surface area contributed by atoms with Crippen molar-refractivity contribution in [2.24, 2.45) is 0 Å². The van der Waals surface area contributed by atoms with Crippen LogP contribution >= 0.6 is 0 Å². The Hall–Kier alpha value is -1.43. The minimum atomic E-state index is -0.151. The quantitative estimate of drug-likeness (QED) is 0.683. The van der Waals surface area contributed by atoms with E-state index in [2.05, 4.69) is 5.32 Å². The van der Waals surface area contributed by atoms with Gasteiger partial charge in [-0.1, -0.05) is 6.42 Å². The summed E-state index contributed by atoms with van der Waals surface area (Å²) in [6.45, 7) is 1.09. The van der Waals surface area contributed by atoms with Gasteiger partial charge in [0.25, 0.3) is 0 Å². The summed E-state index contributed by atoms with van der Waals surface area (Å²) >= 11 is 0. The maximum absolute atomic E-state index is 12.1. The molecule has 0 aromatic carbocycles. The van der Waals surface area contributed by atoms with Crippen molar-refractivity contribution in [2.45, 2.75) is 44.2 Å². The van der Waals surface area contributed by atoms with Gasteiger partial charge >= 0.3 is 0 Å². The van der Waals surface area contributed by atoms with Crippen LogP contribution in [0.1, 0.15) is 32.1 Å². The maximum Gasteiger partial charge on any atom is 0.239 e. The van der Waals surface area contributed by atoms with E-state index in [4.69, 9.17) is 0 Å². The summed E-state index contributed by atoms with van der Waals surface area (Å²) in [5.41, 5.74) is 0. The second kappa shape index (κ2) is 6.83. The van der Waals surface area contributed by atoms with Crippen molar-refractivity contribution in [3.63, 3.8) is 0 Å². The number of aldehydes is 1. The Morgan fingerprint density at radius 3 is 2.70 bits per heavy atom. The fraction of sp³-hybridized carbons (Fsp3) is 0.786. The number of nitrogens with zero attached hydrogens (tertiary/aromatic N) is 2. The van der Waals surface area contributed by atoms with E-state index in [0.29, 0.717) is 6.04 Å². The van der Waals surface area contributed by atoms with Gasteiger partial charge in [-0.15, -0.1) is 0 Å². The molecule has 0 radical (unpaired) electrons. The van der Waals surface area contributed by atoms with Gasteiger partial charge in [0.05, 0.1) is 19.1 Å². The number of piperidine rings is 1. The van der Waals surface area contributed by atoms with Gasteiger partial charge in [-0.25, -0.2) is 0 Å². The SMILES string of the molecule is CN(CC(=O)NC1CC1)C(=O)CN1CCCCC1C=O. The standard InChI is InChI=1S/C14H23N3O3/c1-16(8-13(19)15-11-5-6-11)14(20)9-17-7-3-2-4-12(17)10-18/h10-12H,2-9H2,1H3,(H,15,19). The number of carbonyl (C=O) groups is 3. The summed E-state index contributed by atoms with van der Waals surface area (Å²) in [6.07, 6.45) is 5.88. The van der Waals surface area contributed by atoms with Crippen LogP contribution in [-0.2, 0) is 14.4 Å². The number of likely N-dealkylation sites (tertiary alicyclic amines) is 1. The Balaban J connectivity index is 1.76. The van der Waals surface area contributed by atoms with Crippen molar-refractivity contribution in [3.05, 3.63) is 0 Å². The molecule has 2 amide bonds. The van der Waals surface area contributed by atoms with Crippen molar-refractivity contribution < 1.29 is 14.4 Å². The van der Waals surface area contributed by atoms with E-state index in [1.165, 1.54) is 4.90 Å². The van der Waals surface area contributed by atoms with Gasteiger partial charge in [-0.2, -0.15) is 0 Å². The van der Waals surface area contributed by atoms with Crippen LogP contribution in [0.25, 0.3) is 0 Å². The molecule has 0 aromatic heterocycles. The van der Waals surface area contributed by atoms with E-state index in [-0.39, 0.29) is 30.9 Å². The van der Waals surface area contributed by atoms with Crippen molar-refractivity contribution in [1.82, 2.24) is 15.1 Å². The average Bonchev–Trinajstić information content (AvgIpc) is 3.22. The van der Waals surface area contributed by atoms with Crippen LogP contribution in [0.15, 0.2) is 0 Å². The van der Waals surface area contributed by atoms with Crippen LogP contribution in [0.2, 0.25) is 0 Å². The number of carbonyl (C=O) groups excluding carboxylic acids is 3. The Labute approximate surface area is 119 Å². The molecule has 6 nitrogen and oxygen atoms in total. The molecular weight excluding hydrogens is 258 g/mol. The molecule has 1 aliphatic carbocycles. The van der Waals surface area contributed by atoms with Crippen LogP contribution in [0.4, 0.5) is 0 Å². The minimum absolute atomic E-state index is 0.0922. The van der Waals surface area contributed by atoms with Gasteiger partial charge in [0.2, 0.25) is 11.8 Å². The minimum Gasteiger partial charge on any atom is -0.352 e. The monoisotopic (exact) mass is 281 g/mol. The number of rotatable bonds is 6. The number of nitrogens with one attached hydrogen (secondary N) is 1. The predicted octanol–water partition coefficient (Wildman–Crippen LogP) is -0.223. The first-order valence-corrected chi connectivity index (χ1v) is 7.33. The molecule has 1 heterocycles. The molecule has 1 aliphatic heterocycles. The molecule has 1 saturated carbocycles. The van der Waals surface area contributed by atoms with E-state index in [1.54, 1.807) is 7.05 Å². The van der Waals surface area contributed by atoms with Crippen LogP contribution in [0.5, 0.6) is 0 Å². The highest BCUT2D eigenvalue weighted by Crippen LogP contribution is 2.18. The Bertz CT molecular complexity index is 382. The highest BCUT2D eigenvalue weighted by Gasteiger charge is 2.27. The van der Waals surface area contributed by atoms with Crippen LogP contribution in [0.3, 0.4) is 0 Å². The van der Waals surface area contributed by atoms with Crippen molar-refractivity contribution in [3.8, 4) is 0 Å². The van der Waals surface area contributed by atoms with Gasteiger partial charge < -0.3 is 15.0 Å². The summed E-state index contributed by atoms with van der Waals surface area (Å²) in [5.74, 6) is -0.210. The molecule has 1 saturated heterocycles. The van der Waals surface area contributed by atoms with Crippen molar-refractivity contribution >= 4 is 18.1 Å².